The molecule has 7 heteroatoms. The van der Waals surface area contributed by atoms with Gasteiger partial charge in [0.25, 0.3) is 5.91 Å². The fourth-order valence-corrected chi connectivity index (χ4v) is 2.36. The van der Waals surface area contributed by atoms with E-state index in [0.29, 0.717) is 12.1 Å². The van der Waals surface area contributed by atoms with Gasteiger partial charge in [-0.3, -0.25) is 4.79 Å². The third-order valence-corrected chi connectivity index (χ3v) is 3.57. The molecular weight excluding hydrogens is 280 g/mol. The number of amides is 1. The van der Waals surface area contributed by atoms with Gasteiger partial charge in [0.05, 0.1) is 17.4 Å². The Bertz CT molecular complexity index is 721. The van der Waals surface area contributed by atoms with E-state index >= 15 is 0 Å². The number of sulfonamides is 1. The summed E-state index contributed by atoms with van der Waals surface area (Å²) >= 11 is 0. The third kappa shape index (κ3) is 3.46. The molecule has 20 heavy (non-hydrogen) atoms. The van der Waals surface area contributed by atoms with E-state index in [4.69, 9.17) is 9.56 Å². The summed E-state index contributed by atoms with van der Waals surface area (Å²) in [6.45, 7) is 2.00. The minimum absolute atomic E-state index is 0.0778. The second kappa shape index (κ2) is 5.48. The lowest BCUT2D eigenvalue weighted by Crippen LogP contribution is -2.23. The second-order valence-electron chi connectivity index (χ2n) is 4.39. The lowest BCUT2D eigenvalue weighted by molar-refractivity contribution is 0.0950. The first-order chi connectivity index (χ1) is 9.36. The zero-order valence-electron chi connectivity index (χ0n) is 10.8. The van der Waals surface area contributed by atoms with Crippen LogP contribution in [0.3, 0.4) is 0 Å². The van der Waals surface area contributed by atoms with Crippen molar-refractivity contribution in [1.82, 2.24) is 5.32 Å². The molecule has 0 saturated heterocycles. The van der Waals surface area contributed by atoms with Crippen LogP contribution < -0.4 is 10.5 Å². The minimum Gasteiger partial charge on any atom is -0.472 e. The Kier molecular flexibility index (Phi) is 3.91. The molecule has 0 bridgehead atoms. The normalized spacial score (nSPS) is 11.3. The molecule has 0 aliphatic carbocycles. The van der Waals surface area contributed by atoms with Crippen molar-refractivity contribution in [3.8, 4) is 0 Å². The van der Waals surface area contributed by atoms with Gasteiger partial charge >= 0.3 is 0 Å². The van der Waals surface area contributed by atoms with Gasteiger partial charge in [-0.25, -0.2) is 13.6 Å². The molecule has 106 valence electrons. The molecule has 0 atom stereocenters. The van der Waals surface area contributed by atoms with Gasteiger partial charge in [0, 0.05) is 17.7 Å². The Balaban J connectivity index is 2.19. The molecule has 1 amide bonds. The number of carbonyl (C=O) groups excluding carboxylic acids is 1. The first-order valence-corrected chi connectivity index (χ1v) is 7.34. The summed E-state index contributed by atoms with van der Waals surface area (Å²) in [6, 6.07) is 6.00. The van der Waals surface area contributed by atoms with E-state index in [2.05, 4.69) is 5.32 Å². The van der Waals surface area contributed by atoms with Crippen LogP contribution in [-0.2, 0) is 16.6 Å². The van der Waals surface area contributed by atoms with Crippen LogP contribution in [0.15, 0.2) is 46.1 Å². The molecule has 0 fully saturated rings. The van der Waals surface area contributed by atoms with E-state index < -0.39 is 10.0 Å². The summed E-state index contributed by atoms with van der Waals surface area (Å²) in [5, 5.41) is 7.75. The van der Waals surface area contributed by atoms with Crippen molar-refractivity contribution in [3.05, 3.63) is 53.5 Å². The molecule has 0 radical (unpaired) electrons. The summed E-state index contributed by atoms with van der Waals surface area (Å²) in [5.74, 6) is -0.375. The van der Waals surface area contributed by atoms with E-state index in [9.17, 15) is 13.2 Å². The van der Waals surface area contributed by atoms with Crippen LogP contribution in [0.25, 0.3) is 0 Å². The molecule has 2 rings (SSSR count). The summed E-state index contributed by atoms with van der Waals surface area (Å²) in [7, 11) is -3.83. The number of furan rings is 1. The number of aryl methyl sites for hydroxylation is 1. The van der Waals surface area contributed by atoms with Crippen LogP contribution in [0.1, 0.15) is 21.5 Å². The lowest BCUT2D eigenvalue weighted by Gasteiger charge is -2.07. The second-order valence-corrected chi connectivity index (χ2v) is 5.96. The zero-order chi connectivity index (χ0) is 14.8. The van der Waals surface area contributed by atoms with E-state index in [1.807, 2.05) is 0 Å². The predicted molar refractivity (Wildman–Crippen MR) is 72.4 cm³/mol. The molecule has 1 aromatic carbocycles. The number of nitrogens with two attached hydrogens (primary N) is 1. The molecule has 1 aromatic heterocycles. The lowest BCUT2D eigenvalue weighted by atomic mass is 10.1. The van der Waals surface area contributed by atoms with Crippen molar-refractivity contribution < 1.29 is 17.6 Å². The third-order valence-electron chi connectivity index (χ3n) is 2.67. The number of nitrogens with one attached hydrogen (secondary N) is 1. The molecule has 0 unspecified atom stereocenters. The molecule has 6 nitrogen and oxygen atoms in total. The van der Waals surface area contributed by atoms with E-state index in [1.165, 1.54) is 24.7 Å². The zero-order valence-corrected chi connectivity index (χ0v) is 11.6. The maximum absolute atomic E-state index is 12.0. The monoisotopic (exact) mass is 294 g/mol. The van der Waals surface area contributed by atoms with Gasteiger partial charge in [0.2, 0.25) is 10.0 Å². The summed E-state index contributed by atoms with van der Waals surface area (Å²) in [5.41, 5.74) is 1.71. The Morgan fingerprint density at radius 1 is 1.35 bits per heavy atom. The smallest absolute Gasteiger partial charge is 0.251 e. The Labute approximate surface area is 116 Å². The molecule has 0 aliphatic rings. The molecule has 0 spiro atoms. The Morgan fingerprint density at radius 3 is 2.70 bits per heavy atom. The SMILES string of the molecule is Cc1cc(C(=O)NCc2ccoc2)cc(S(N)(=O)=O)c1. The molecule has 1 heterocycles. The largest absolute Gasteiger partial charge is 0.472 e. The molecular formula is C13H14N2O4S. The Hall–Kier alpha value is -2.12. The van der Waals surface area contributed by atoms with E-state index in [1.54, 1.807) is 19.1 Å². The number of rotatable bonds is 4. The fraction of sp³-hybridized carbons (Fsp3) is 0.154. The molecule has 0 aliphatic heterocycles. The van der Waals surface area contributed by atoms with Crippen LogP contribution in [0.5, 0.6) is 0 Å². The van der Waals surface area contributed by atoms with Crippen LogP contribution in [0.2, 0.25) is 0 Å². The van der Waals surface area contributed by atoms with Crippen molar-refractivity contribution in [3.63, 3.8) is 0 Å². The molecule has 3 N–H and O–H groups in total. The topological polar surface area (TPSA) is 102 Å². The summed E-state index contributed by atoms with van der Waals surface area (Å²) in [4.78, 5) is 11.9. The van der Waals surface area contributed by atoms with Crippen molar-refractivity contribution in [2.75, 3.05) is 0 Å². The van der Waals surface area contributed by atoms with Crippen LogP contribution in [0, 0.1) is 6.92 Å². The highest BCUT2D eigenvalue weighted by atomic mass is 32.2. The van der Waals surface area contributed by atoms with Gasteiger partial charge in [-0.2, -0.15) is 0 Å². The van der Waals surface area contributed by atoms with Gasteiger partial charge in [-0.1, -0.05) is 0 Å². The maximum atomic E-state index is 12.0. The van der Waals surface area contributed by atoms with Crippen LogP contribution >= 0.6 is 0 Å². The van der Waals surface area contributed by atoms with Crippen molar-refractivity contribution in [2.24, 2.45) is 5.14 Å². The average Bonchev–Trinajstić information content (AvgIpc) is 2.87. The van der Waals surface area contributed by atoms with Gasteiger partial charge in [-0.15, -0.1) is 0 Å². The highest BCUT2D eigenvalue weighted by Crippen LogP contribution is 2.14. The van der Waals surface area contributed by atoms with Crippen molar-refractivity contribution in [2.45, 2.75) is 18.4 Å². The number of benzene rings is 1. The van der Waals surface area contributed by atoms with Crippen LogP contribution in [-0.4, -0.2) is 14.3 Å². The summed E-state index contributed by atoms with van der Waals surface area (Å²) in [6.07, 6.45) is 3.03. The van der Waals surface area contributed by atoms with Crippen molar-refractivity contribution in [1.29, 1.82) is 0 Å². The first kappa shape index (κ1) is 14.3. The van der Waals surface area contributed by atoms with Gasteiger partial charge in [0.1, 0.15) is 0 Å². The van der Waals surface area contributed by atoms with Crippen molar-refractivity contribution >= 4 is 15.9 Å². The Morgan fingerprint density at radius 2 is 2.10 bits per heavy atom. The number of primary sulfonamides is 1. The standard InChI is InChI=1S/C13H14N2O4S/c1-9-4-11(6-12(5-9)20(14,17)18)13(16)15-7-10-2-3-19-8-10/h2-6,8H,7H2,1H3,(H,15,16)(H2,14,17,18). The maximum Gasteiger partial charge on any atom is 0.251 e. The molecule has 2 aromatic rings. The fourth-order valence-electron chi connectivity index (χ4n) is 1.72. The first-order valence-electron chi connectivity index (χ1n) is 5.80. The van der Waals surface area contributed by atoms with E-state index in [-0.39, 0.29) is 16.4 Å². The van der Waals surface area contributed by atoms with Gasteiger partial charge in [0.15, 0.2) is 0 Å². The van der Waals surface area contributed by atoms with Gasteiger partial charge < -0.3 is 9.73 Å². The quantitative estimate of drug-likeness (QED) is 0.883. The molecule has 0 saturated carbocycles. The minimum atomic E-state index is -3.83. The van der Waals surface area contributed by atoms with Crippen LogP contribution in [0.4, 0.5) is 0 Å². The highest BCUT2D eigenvalue weighted by Gasteiger charge is 2.13. The number of carbonyl (C=O) groups is 1. The average molecular weight is 294 g/mol. The number of hydrogen-bond donors (Lipinski definition) is 2. The predicted octanol–water partition coefficient (Wildman–Crippen LogP) is 1.17. The van der Waals surface area contributed by atoms with E-state index in [0.717, 1.165) is 5.56 Å². The number of hydrogen-bond acceptors (Lipinski definition) is 4. The van der Waals surface area contributed by atoms with Gasteiger partial charge in [-0.05, 0) is 36.8 Å². The summed E-state index contributed by atoms with van der Waals surface area (Å²) < 4.78 is 27.6. The highest BCUT2D eigenvalue weighted by molar-refractivity contribution is 7.89.